The zero-order valence-electron chi connectivity index (χ0n) is 9.38. The standard InChI is InChI=1S/C13H10FN3O/c14-10-1-3-11(4-2-10)17-7-12(15)13(16-17)9-5-6-18-8-9/h1-8H,15H2. The number of aromatic nitrogens is 2. The summed E-state index contributed by atoms with van der Waals surface area (Å²) in [6.07, 6.45) is 4.83. The number of benzene rings is 1. The minimum atomic E-state index is -0.283. The van der Waals surface area contributed by atoms with Gasteiger partial charge in [-0.3, -0.25) is 0 Å². The van der Waals surface area contributed by atoms with Crippen molar-refractivity contribution in [1.82, 2.24) is 9.78 Å². The van der Waals surface area contributed by atoms with Crippen molar-refractivity contribution < 1.29 is 8.81 Å². The molecule has 5 heteroatoms. The Kier molecular flexibility index (Phi) is 2.37. The van der Waals surface area contributed by atoms with Crippen LogP contribution in [0.15, 0.2) is 53.5 Å². The number of halogens is 1. The molecule has 0 radical (unpaired) electrons. The molecule has 0 saturated heterocycles. The molecule has 2 heterocycles. The molecule has 0 atom stereocenters. The van der Waals surface area contributed by atoms with E-state index in [1.807, 2.05) is 0 Å². The maximum absolute atomic E-state index is 12.8. The number of hydrogen-bond donors (Lipinski definition) is 1. The highest BCUT2D eigenvalue weighted by atomic mass is 19.1. The Morgan fingerprint density at radius 3 is 2.61 bits per heavy atom. The van der Waals surface area contributed by atoms with E-state index in [0.29, 0.717) is 11.4 Å². The number of anilines is 1. The van der Waals surface area contributed by atoms with Crippen molar-refractivity contribution in [2.45, 2.75) is 0 Å². The van der Waals surface area contributed by atoms with E-state index in [0.717, 1.165) is 11.3 Å². The van der Waals surface area contributed by atoms with Gasteiger partial charge in [-0.15, -0.1) is 0 Å². The summed E-state index contributed by atoms with van der Waals surface area (Å²) in [5.41, 5.74) is 8.65. The van der Waals surface area contributed by atoms with E-state index >= 15 is 0 Å². The van der Waals surface area contributed by atoms with E-state index in [1.54, 1.807) is 41.6 Å². The molecule has 1 aromatic carbocycles. The quantitative estimate of drug-likeness (QED) is 0.752. The van der Waals surface area contributed by atoms with Crippen molar-refractivity contribution >= 4 is 5.69 Å². The van der Waals surface area contributed by atoms with Gasteiger partial charge >= 0.3 is 0 Å². The first-order chi connectivity index (χ1) is 8.74. The second kappa shape index (κ2) is 4.03. The summed E-state index contributed by atoms with van der Waals surface area (Å²) >= 11 is 0. The molecule has 90 valence electrons. The molecule has 2 N–H and O–H groups in total. The third-order valence-electron chi connectivity index (χ3n) is 2.63. The predicted molar refractivity (Wildman–Crippen MR) is 65.6 cm³/mol. The lowest BCUT2D eigenvalue weighted by Crippen LogP contribution is -1.94. The molecule has 0 bridgehead atoms. The smallest absolute Gasteiger partial charge is 0.123 e. The molecule has 0 spiro atoms. The Hall–Kier alpha value is -2.56. The third-order valence-corrected chi connectivity index (χ3v) is 2.63. The molecule has 0 aliphatic heterocycles. The molecule has 0 amide bonds. The van der Waals surface area contributed by atoms with Crippen molar-refractivity contribution in [1.29, 1.82) is 0 Å². The van der Waals surface area contributed by atoms with Gasteiger partial charge in [0, 0.05) is 5.56 Å². The van der Waals surface area contributed by atoms with Crippen LogP contribution in [0.4, 0.5) is 10.1 Å². The minimum absolute atomic E-state index is 0.283. The molecule has 3 aromatic rings. The van der Waals surface area contributed by atoms with Crippen LogP contribution in [-0.2, 0) is 0 Å². The Balaban J connectivity index is 2.05. The second-order valence-corrected chi connectivity index (χ2v) is 3.87. The maximum atomic E-state index is 12.8. The molecule has 2 aromatic heterocycles. The molecule has 0 unspecified atom stereocenters. The number of nitrogen functional groups attached to an aromatic ring is 1. The monoisotopic (exact) mass is 243 g/mol. The van der Waals surface area contributed by atoms with Gasteiger partial charge < -0.3 is 10.2 Å². The van der Waals surface area contributed by atoms with Crippen LogP contribution in [0.1, 0.15) is 0 Å². The van der Waals surface area contributed by atoms with Crippen LogP contribution >= 0.6 is 0 Å². The summed E-state index contributed by atoms with van der Waals surface area (Å²) < 4.78 is 19.5. The van der Waals surface area contributed by atoms with Crippen LogP contribution in [0.3, 0.4) is 0 Å². The van der Waals surface area contributed by atoms with Crippen LogP contribution < -0.4 is 5.73 Å². The van der Waals surface area contributed by atoms with Gasteiger partial charge in [0.15, 0.2) is 0 Å². The first-order valence-electron chi connectivity index (χ1n) is 5.38. The minimum Gasteiger partial charge on any atom is -0.472 e. The predicted octanol–water partition coefficient (Wildman–Crippen LogP) is 2.85. The molecule has 0 aliphatic rings. The van der Waals surface area contributed by atoms with E-state index in [1.165, 1.54) is 12.1 Å². The zero-order valence-corrected chi connectivity index (χ0v) is 9.38. The van der Waals surface area contributed by atoms with Gasteiger partial charge in [0.05, 0.1) is 30.1 Å². The summed E-state index contributed by atoms with van der Waals surface area (Å²) in [5, 5.41) is 4.36. The number of hydrogen-bond acceptors (Lipinski definition) is 3. The van der Waals surface area contributed by atoms with Crippen LogP contribution in [0.25, 0.3) is 16.9 Å². The van der Waals surface area contributed by atoms with Gasteiger partial charge in [0.1, 0.15) is 11.5 Å². The molecule has 4 nitrogen and oxygen atoms in total. The van der Waals surface area contributed by atoms with E-state index in [4.69, 9.17) is 10.2 Å². The first kappa shape index (κ1) is 10.6. The van der Waals surface area contributed by atoms with E-state index in [9.17, 15) is 4.39 Å². The summed E-state index contributed by atoms with van der Waals surface area (Å²) in [4.78, 5) is 0. The Morgan fingerprint density at radius 1 is 1.17 bits per heavy atom. The van der Waals surface area contributed by atoms with Gasteiger partial charge in [-0.25, -0.2) is 9.07 Å². The third kappa shape index (κ3) is 1.75. The lowest BCUT2D eigenvalue weighted by atomic mass is 10.2. The molecule has 0 saturated carbocycles. The highest BCUT2D eigenvalue weighted by Gasteiger charge is 2.10. The fourth-order valence-corrected chi connectivity index (χ4v) is 1.74. The Labute approximate surface area is 102 Å². The largest absolute Gasteiger partial charge is 0.472 e. The highest BCUT2D eigenvalue weighted by Crippen LogP contribution is 2.25. The number of nitrogens with two attached hydrogens (primary N) is 1. The lowest BCUT2D eigenvalue weighted by Gasteiger charge is -1.99. The molecular formula is C13H10FN3O. The van der Waals surface area contributed by atoms with Gasteiger partial charge in [-0.2, -0.15) is 5.10 Å². The molecule has 18 heavy (non-hydrogen) atoms. The average molecular weight is 243 g/mol. The summed E-state index contributed by atoms with van der Waals surface area (Å²) in [5.74, 6) is -0.283. The fourth-order valence-electron chi connectivity index (χ4n) is 1.74. The Bertz CT molecular complexity index is 656. The van der Waals surface area contributed by atoms with Crippen molar-refractivity contribution in [2.75, 3.05) is 5.73 Å². The fraction of sp³-hybridized carbons (Fsp3) is 0. The zero-order chi connectivity index (χ0) is 12.5. The molecule has 0 aliphatic carbocycles. The van der Waals surface area contributed by atoms with Crippen molar-refractivity contribution in [3.05, 3.63) is 54.9 Å². The summed E-state index contributed by atoms with van der Waals surface area (Å²) in [6, 6.07) is 7.82. The SMILES string of the molecule is Nc1cn(-c2ccc(F)cc2)nc1-c1ccoc1. The van der Waals surface area contributed by atoms with Crippen molar-refractivity contribution in [3.63, 3.8) is 0 Å². The molecular weight excluding hydrogens is 233 g/mol. The van der Waals surface area contributed by atoms with Gasteiger partial charge in [-0.1, -0.05) is 0 Å². The maximum Gasteiger partial charge on any atom is 0.123 e. The van der Waals surface area contributed by atoms with Crippen LogP contribution in [0, 0.1) is 5.82 Å². The van der Waals surface area contributed by atoms with E-state index in [-0.39, 0.29) is 5.82 Å². The summed E-state index contributed by atoms with van der Waals surface area (Å²) in [7, 11) is 0. The molecule has 3 rings (SSSR count). The van der Waals surface area contributed by atoms with Gasteiger partial charge in [0.25, 0.3) is 0 Å². The lowest BCUT2D eigenvalue weighted by molar-refractivity contribution is 0.568. The topological polar surface area (TPSA) is 57.0 Å². The second-order valence-electron chi connectivity index (χ2n) is 3.87. The highest BCUT2D eigenvalue weighted by molar-refractivity contribution is 5.71. The number of rotatable bonds is 2. The van der Waals surface area contributed by atoms with Crippen molar-refractivity contribution in [3.8, 4) is 16.9 Å². The first-order valence-corrected chi connectivity index (χ1v) is 5.38. The normalized spacial score (nSPS) is 10.7. The molecule has 0 fully saturated rings. The van der Waals surface area contributed by atoms with E-state index in [2.05, 4.69) is 5.10 Å². The number of furan rings is 1. The summed E-state index contributed by atoms with van der Waals surface area (Å²) in [6.45, 7) is 0. The Morgan fingerprint density at radius 2 is 1.94 bits per heavy atom. The van der Waals surface area contributed by atoms with Crippen LogP contribution in [0.2, 0.25) is 0 Å². The number of nitrogens with zero attached hydrogens (tertiary/aromatic N) is 2. The van der Waals surface area contributed by atoms with Gasteiger partial charge in [0.2, 0.25) is 0 Å². The van der Waals surface area contributed by atoms with Gasteiger partial charge in [-0.05, 0) is 30.3 Å². The van der Waals surface area contributed by atoms with Crippen LogP contribution in [-0.4, -0.2) is 9.78 Å². The average Bonchev–Trinajstić information content (AvgIpc) is 2.99. The van der Waals surface area contributed by atoms with Crippen LogP contribution in [0.5, 0.6) is 0 Å². The van der Waals surface area contributed by atoms with Crippen molar-refractivity contribution in [2.24, 2.45) is 0 Å². The van der Waals surface area contributed by atoms with E-state index < -0.39 is 0 Å².